The average molecular weight is 367 g/mol. The predicted molar refractivity (Wildman–Crippen MR) is 97.2 cm³/mol. The van der Waals surface area contributed by atoms with E-state index < -0.39 is 0 Å². The van der Waals surface area contributed by atoms with Crippen molar-refractivity contribution in [1.29, 1.82) is 0 Å². The van der Waals surface area contributed by atoms with Gasteiger partial charge in [0.05, 0.1) is 13.3 Å². The van der Waals surface area contributed by atoms with E-state index in [4.69, 9.17) is 44.1 Å². The summed E-state index contributed by atoms with van der Waals surface area (Å²) in [6.45, 7) is 0.265. The number of guanidine groups is 1. The maximum atomic E-state index is 6.14. The molecule has 0 aromatic heterocycles. The van der Waals surface area contributed by atoms with Crippen LogP contribution in [0, 0.1) is 0 Å². The van der Waals surface area contributed by atoms with Gasteiger partial charge in [-0.15, -0.1) is 5.10 Å². The van der Waals surface area contributed by atoms with Crippen LogP contribution in [0.25, 0.3) is 0 Å². The van der Waals surface area contributed by atoms with Crippen molar-refractivity contribution in [3.05, 3.63) is 57.6 Å². The highest BCUT2D eigenvalue weighted by Crippen LogP contribution is 2.29. The average Bonchev–Trinajstić information content (AvgIpc) is 2.54. The fourth-order valence-electron chi connectivity index (χ4n) is 1.84. The van der Waals surface area contributed by atoms with Crippen molar-refractivity contribution in [1.82, 2.24) is 0 Å². The second-order valence-electron chi connectivity index (χ2n) is 4.70. The summed E-state index contributed by atoms with van der Waals surface area (Å²) in [6, 6.07) is 10.5. The summed E-state index contributed by atoms with van der Waals surface area (Å²) in [6.07, 6.45) is 1.50. The topological polar surface area (TPSA) is 95.2 Å². The van der Waals surface area contributed by atoms with E-state index in [1.165, 1.54) is 6.21 Å². The first-order valence-electron chi connectivity index (χ1n) is 6.86. The largest absolute Gasteiger partial charge is 0.493 e. The molecule has 6 nitrogen and oxygen atoms in total. The Hall–Kier alpha value is -2.44. The summed E-state index contributed by atoms with van der Waals surface area (Å²) >= 11 is 12.0. The summed E-state index contributed by atoms with van der Waals surface area (Å²) in [4.78, 5) is 0. The molecule has 0 radical (unpaired) electrons. The molecule has 24 heavy (non-hydrogen) atoms. The molecule has 0 spiro atoms. The third-order valence-corrected chi connectivity index (χ3v) is 3.55. The summed E-state index contributed by atoms with van der Waals surface area (Å²) in [5.74, 6) is 1.00. The molecule has 0 unspecified atom stereocenters. The Morgan fingerprint density at radius 2 is 1.92 bits per heavy atom. The molecule has 8 heteroatoms. The van der Waals surface area contributed by atoms with Crippen LogP contribution < -0.4 is 20.9 Å². The molecular formula is C16H16Cl2N4O2. The Kier molecular flexibility index (Phi) is 6.28. The highest BCUT2D eigenvalue weighted by Gasteiger charge is 2.08. The standard InChI is InChI=1S/C16H16Cl2N4O2/c1-23-14-5-2-10(8-21-22-16(19)20)6-15(14)24-9-11-3-4-12(17)7-13(11)18/h2-8H,9H2,1H3,(H4,19,20,22)/b21-8+. The Labute approximate surface area is 149 Å². The van der Waals surface area contributed by atoms with Crippen LogP contribution in [-0.4, -0.2) is 19.3 Å². The first-order valence-corrected chi connectivity index (χ1v) is 7.62. The molecule has 2 aromatic rings. The monoisotopic (exact) mass is 366 g/mol. The van der Waals surface area contributed by atoms with E-state index in [0.29, 0.717) is 21.5 Å². The zero-order valence-corrected chi connectivity index (χ0v) is 14.4. The van der Waals surface area contributed by atoms with E-state index in [9.17, 15) is 0 Å². The molecule has 4 N–H and O–H groups in total. The molecule has 0 bridgehead atoms. The van der Waals surface area contributed by atoms with Gasteiger partial charge >= 0.3 is 0 Å². The number of nitrogens with zero attached hydrogens (tertiary/aromatic N) is 2. The third kappa shape index (κ3) is 5.04. The lowest BCUT2D eigenvalue weighted by atomic mass is 10.2. The van der Waals surface area contributed by atoms with Crippen molar-refractivity contribution < 1.29 is 9.47 Å². The minimum atomic E-state index is -0.117. The Bertz CT molecular complexity index is 775. The second kappa shape index (κ2) is 8.42. The lowest BCUT2D eigenvalue weighted by Gasteiger charge is -2.12. The van der Waals surface area contributed by atoms with Gasteiger partial charge in [0.15, 0.2) is 11.5 Å². The number of ether oxygens (including phenoxy) is 2. The molecule has 126 valence electrons. The molecule has 0 fully saturated rings. The van der Waals surface area contributed by atoms with Gasteiger partial charge in [-0.2, -0.15) is 5.10 Å². The molecule has 0 saturated heterocycles. The zero-order valence-electron chi connectivity index (χ0n) is 12.9. The zero-order chi connectivity index (χ0) is 17.5. The van der Waals surface area contributed by atoms with Crippen LogP contribution in [0.5, 0.6) is 11.5 Å². The van der Waals surface area contributed by atoms with E-state index in [0.717, 1.165) is 11.1 Å². The van der Waals surface area contributed by atoms with Gasteiger partial charge < -0.3 is 20.9 Å². The minimum absolute atomic E-state index is 0.117. The van der Waals surface area contributed by atoms with Crippen LogP contribution in [0.3, 0.4) is 0 Å². The van der Waals surface area contributed by atoms with Crippen molar-refractivity contribution in [2.45, 2.75) is 6.61 Å². The Morgan fingerprint density at radius 1 is 1.12 bits per heavy atom. The smallest absolute Gasteiger partial charge is 0.211 e. The van der Waals surface area contributed by atoms with E-state index in [-0.39, 0.29) is 12.6 Å². The van der Waals surface area contributed by atoms with Crippen molar-refractivity contribution >= 4 is 35.4 Å². The molecule has 0 saturated carbocycles. The Balaban J connectivity index is 2.18. The highest BCUT2D eigenvalue weighted by atomic mass is 35.5. The SMILES string of the molecule is COc1ccc(/C=N/N=C(N)N)cc1OCc1ccc(Cl)cc1Cl. The molecule has 2 aromatic carbocycles. The number of methoxy groups -OCH3 is 1. The van der Waals surface area contributed by atoms with Gasteiger partial charge in [-0.05, 0) is 35.9 Å². The van der Waals surface area contributed by atoms with Crippen LogP contribution in [-0.2, 0) is 6.61 Å². The number of benzene rings is 2. The maximum Gasteiger partial charge on any atom is 0.211 e. The minimum Gasteiger partial charge on any atom is -0.493 e. The number of nitrogens with two attached hydrogens (primary N) is 2. The molecule has 0 aliphatic heterocycles. The maximum absolute atomic E-state index is 6.14. The summed E-state index contributed by atoms with van der Waals surface area (Å²) in [5, 5.41) is 8.41. The molecule has 0 amide bonds. The molecule has 0 atom stereocenters. The number of rotatable bonds is 6. The lowest BCUT2D eigenvalue weighted by molar-refractivity contribution is 0.284. The number of hydrogen-bond donors (Lipinski definition) is 2. The van der Waals surface area contributed by atoms with Crippen LogP contribution in [0.1, 0.15) is 11.1 Å². The lowest BCUT2D eigenvalue weighted by Crippen LogP contribution is -2.21. The van der Waals surface area contributed by atoms with Crippen molar-refractivity contribution in [2.75, 3.05) is 7.11 Å². The Morgan fingerprint density at radius 3 is 2.58 bits per heavy atom. The summed E-state index contributed by atoms with van der Waals surface area (Å²) in [5.41, 5.74) is 12.0. The normalized spacial score (nSPS) is 10.6. The number of halogens is 2. The quantitative estimate of drug-likeness (QED) is 0.466. The fourth-order valence-corrected chi connectivity index (χ4v) is 2.31. The fraction of sp³-hybridized carbons (Fsp3) is 0.125. The van der Waals surface area contributed by atoms with Gasteiger partial charge in [-0.25, -0.2) is 0 Å². The van der Waals surface area contributed by atoms with Crippen molar-refractivity contribution in [3.8, 4) is 11.5 Å². The first-order chi connectivity index (χ1) is 11.5. The van der Waals surface area contributed by atoms with Gasteiger partial charge in [0.2, 0.25) is 5.96 Å². The van der Waals surface area contributed by atoms with Gasteiger partial charge in [0.25, 0.3) is 0 Å². The van der Waals surface area contributed by atoms with Crippen LogP contribution in [0.2, 0.25) is 10.0 Å². The number of hydrogen-bond acceptors (Lipinski definition) is 4. The van der Waals surface area contributed by atoms with Gasteiger partial charge in [0, 0.05) is 15.6 Å². The summed E-state index contributed by atoms with van der Waals surface area (Å²) < 4.78 is 11.1. The van der Waals surface area contributed by atoms with Crippen LogP contribution in [0.4, 0.5) is 0 Å². The van der Waals surface area contributed by atoms with Gasteiger partial charge in [-0.1, -0.05) is 29.3 Å². The van der Waals surface area contributed by atoms with E-state index in [2.05, 4.69) is 10.2 Å². The van der Waals surface area contributed by atoms with Gasteiger partial charge in [-0.3, -0.25) is 0 Å². The highest BCUT2D eigenvalue weighted by molar-refractivity contribution is 6.35. The predicted octanol–water partition coefficient (Wildman–Crippen LogP) is 3.19. The molecule has 2 rings (SSSR count). The molecule has 0 aliphatic carbocycles. The molecule has 0 heterocycles. The van der Waals surface area contributed by atoms with E-state index in [1.807, 2.05) is 0 Å². The third-order valence-electron chi connectivity index (χ3n) is 2.97. The van der Waals surface area contributed by atoms with Crippen LogP contribution in [0.15, 0.2) is 46.6 Å². The molecular weight excluding hydrogens is 351 g/mol. The van der Waals surface area contributed by atoms with E-state index >= 15 is 0 Å². The van der Waals surface area contributed by atoms with Crippen LogP contribution >= 0.6 is 23.2 Å². The first kappa shape index (κ1) is 17.9. The van der Waals surface area contributed by atoms with E-state index in [1.54, 1.807) is 43.5 Å². The van der Waals surface area contributed by atoms with Gasteiger partial charge in [0.1, 0.15) is 6.61 Å². The summed E-state index contributed by atoms with van der Waals surface area (Å²) in [7, 11) is 1.56. The molecule has 0 aliphatic rings. The van der Waals surface area contributed by atoms with Crippen molar-refractivity contribution in [2.24, 2.45) is 21.7 Å². The second-order valence-corrected chi connectivity index (χ2v) is 5.55. The van der Waals surface area contributed by atoms with Crippen molar-refractivity contribution in [3.63, 3.8) is 0 Å².